The second kappa shape index (κ2) is 5.49. The van der Waals surface area contributed by atoms with Gasteiger partial charge >= 0.3 is 5.97 Å². The van der Waals surface area contributed by atoms with Crippen LogP contribution in [-0.2, 0) is 19.6 Å². The second-order valence-corrected chi connectivity index (χ2v) is 6.82. The maximum Gasteiger partial charge on any atom is 0.310 e. The predicted octanol–water partition coefficient (Wildman–Crippen LogP) is 1.26. The van der Waals surface area contributed by atoms with E-state index >= 15 is 0 Å². The van der Waals surface area contributed by atoms with Crippen molar-refractivity contribution in [1.82, 2.24) is 4.31 Å². The molecule has 2 rings (SSSR count). The molecule has 0 N–H and O–H groups in total. The van der Waals surface area contributed by atoms with Crippen LogP contribution < -0.4 is 0 Å². The van der Waals surface area contributed by atoms with Gasteiger partial charge in [-0.1, -0.05) is 6.92 Å². The van der Waals surface area contributed by atoms with Crippen LogP contribution >= 0.6 is 0 Å². The smallest absolute Gasteiger partial charge is 0.310 e. The summed E-state index contributed by atoms with van der Waals surface area (Å²) >= 11 is 0. The monoisotopic (exact) mass is 301 g/mol. The molecule has 20 heavy (non-hydrogen) atoms. The molecule has 2 unspecified atom stereocenters. The van der Waals surface area contributed by atoms with Crippen LogP contribution in [0.1, 0.15) is 6.92 Å². The number of halogens is 1. The third kappa shape index (κ3) is 2.69. The number of nitrogens with zero attached hydrogens (tertiary/aromatic N) is 1. The Labute approximate surface area is 117 Å². The molecule has 0 aliphatic carbocycles. The Morgan fingerprint density at radius 2 is 1.90 bits per heavy atom. The largest absolute Gasteiger partial charge is 0.469 e. The summed E-state index contributed by atoms with van der Waals surface area (Å²) < 4.78 is 43.6. The maximum absolute atomic E-state index is 12.9. The summed E-state index contributed by atoms with van der Waals surface area (Å²) in [6.07, 6.45) is 0. The third-order valence-electron chi connectivity index (χ3n) is 3.53. The van der Waals surface area contributed by atoms with Crippen molar-refractivity contribution in [2.45, 2.75) is 11.8 Å². The van der Waals surface area contributed by atoms with Gasteiger partial charge in [0.15, 0.2) is 0 Å². The summed E-state index contributed by atoms with van der Waals surface area (Å²) in [4.78, 5) is 11.6. The van der Waals surface area contributed by atoms with E-state index in [1.807, 2.05) is 6.92 Å². The molecule has 5 nitrogen and oxygen atoms in total. The first-order valence-corrected chi connectivity index (χ1v) is 7.64. The summed E-state index contributed by atoms with van der Waals surface area (Å²) in [6, 6.07) is 4.65. The number of carbonyl (C=O) groups is 1. The number of benzene rings is 1. The Hall–Kier alpha value is -1.47. The number of methoxy groups -OCH3 is 1. The highest BCUT2D eigenvalue weighted by molar-refractivity contribution is 7.89. The molecule has 1 aromatic carbocycles. The van der Waals surface area contributed by atoms with E-state index in [1.165, 1.54) is 23.5 Å². The molecule has 0 aromatic heterocycles. The third-order valence-corrected chi connectivity index (χ3v) is 5.38. The van der Waals surface area contributed by atoms with Gasteiger partial charge in [0.05, 0.1) is 17.9 Å². The van der Waals surface area contributed by atoms with E-state index < -0.39 is 27.7 Å². The fourth-order valence-corrected chi connectivity index (χ4v) is 3.90. The fourth-order valence-electron chi connectivity index (χ4n) is 2.33. The molecule has 7 heteroatoms. The first-order chi connectivity index (χ1) is 9.36. The van der Waals surface area contributed by atoms with Crippen LogP contribution in [0.2, 0.25) is 0 Å². The van der Waals surface area contributed by atoms with Gasteiger partial charge in [0, 0.05) is 13.1 Å². The second-order valence-electron chi connectivity index (χ2n) is 4.88. The van der Waals surface area contributed by atoms with E-state index in [9.17, 15) is 17.6 Å². The van der Waals surface area contributed by atoms with Gasteiger partial charge in [-0.2, -0.15) is 4.31 Å². The van der Waals surface area contributed by atoms with Gasteiger partial charge in [-0.25, -0.2) is 12.8 Å². The van der Waals surface area contributed by atoms with E-state index in [-0.39, 0.29) is 23.9 Å². The minimum Gasteiger partial charge on any atom is -0.469 e. The first-order valence-electron chi connectivity index (χ1n) is 6.20. The minimum atomic E-state index is -3.70. The van der Waals surface area contributed by atoms with Crippen LogP contribution in [0.3, 0.4) is 0 Å². The molecule has 1 heterocycles. The Kier molecular flexibility index (Phi) is 4.10. The Balaban J connectivity index is 2.24. The van der Waals surface area contributed by atoms with Gasteiger partial charge in [0.2, 0.25) is 10.0 Å². The minimum absolute atomic E-state index is 0.0246. The van der Waals surface area contributed by atoms with Crippen molar-refractivity contribution < 1.29 is 22.3 Å². The van der Waals surface area contributed by atoms with Crippen molar-refractivity contribution in [1.29, 1.82) is 0 Å². The number of carbonyl (C=O) groups excluding carboxylic acids is 1. The van der Waals surface area contributed by atoms with Gasteiger partial charge in [0.25, 0.3) is 0 Å². The molecule has 0 spiro atoms. The van der Waals surface area contributed by atoms with Crippen molar-refractivity contribution in [2.75, 3.05) is 20.2 Å². The van der Waals surface area contributed by atoms with Gasteiger partial charge in [0.1, 0.15) is 5.82 Å². The average Bonchev–Trinajstić information content (AvgIpc) is 2.81. The molecule has 1 saturated heterocycles. The Bertz CT molecular complexity index is 599. The fraction of sp³-hybridized carbons (Fsp3) is 0.462. The van der Waals surface area contributed by atoms with Crippen LogP contribution in [0.15, 0.2) is 29.2 Å². The van der Waals surface area contributed by atoms with Crippen LogP contribution in [0.25, 0.3) is 0 Å². The molecule has 0 amide bonds. The van der Waals surface area contributed by atoms with Gasteiger partial charge in [-0.3, -0.25) is 4.79 Å². The summed E-state index contributed by atoms with van der Waals surface area (Å²) in [5.74, 6) is -1.48. The lowest BCUT2D eigenvalue weighted by Crippen LogP contribution is -2.30. The predicted molar refractivity (Wildman–Crippen MR) is 69.8 cm³/mol. The van der Waals surface area contributed by atoms with E-state index in [0.29, 0.717) is 0 Å². The zero-order chi connectivity index (χ0) is 14.9. The topological polar surface area (TPSA) is 63.7 Å². The standard InChI is InChI=1S/C13H16FNO4S/c1-9-7-15(8-12(9)13(16)19-2)20(17,18)11-5-3-10(14)4-6-11/h3-6,9,12H,7-8H2,1-2H3. The molecule has 1 aromatic rings. The molecule has 0 bridgehead atoms. The molecule has 1 aliphatic rings. The summed E-state index contributed by atoms with van der Waals surface area (Å²) in [6.45, 7) is 2.15. The molecule has 110 valence electrons. The summed E-state index contributed by atoms with van der Waals surface area (Å²) in [5, 5.41) is 0. The van der Waals surface area contributed by atoms with Crippen LogP contribution in [0.4, 0.5) is 4.39 Å². The number of rotatable bonds is 3. The lowest BCUT2D eigenvalue weighted by atomic mass is 9.99. The number of hydrogen-bond acceptors (Lipinski definition) is 4. The van der Waals surface area contributed by atoms with Gasteiger partial charge in [-0.05, 0) is 30.2 Å². The number of sulfonamides is 1. The zero-order valence-corrected chi connectivity index (χ0v) is 12.1. The lowest BCUT2D eigenvalue weighted by Gasteiger charge is -2.16. The van der Waals surface area contributed by atoms with E-state index in [0.717, 1.165) is 12.1 Å². The highest BCUT2D eigenvalue weighted by Gasteiger charge is 2.41. The Morgan fingerprint density at radius 3 is 2.45 bits per heavy atom. The molecule has 0 saturated carbocycles. The van der Waals surface area contributed by atoms with Crippen LogP contribution in [-0.4, -0.2) is 38.9 Å². The summed E-state index contributed by atoms with van der Waals surface area (Å²) in [7, 11) is -2.42. The van der Waals surface area contributed by atoms with Crippen molar-refractivity contribution in [3.8, 4) is 0 Å². The zero-order valence-electron chi connectivity index (χ0n) is 11.2. The highest BCUT2D eigenvalue weighted by Crippen LogP contribution is 2.29. The van der Waals surface area contributed by atoms with E-state index in [1.54, 1.807) is 0 Å². The van der Waals surface area contributed by atoms with Crippen molar-refractivity contribution in [2.24, 2.45) is 11.8 Å². The average molecular weight is 301 g/mol. The first kappa shape index (κ1) is 14.9. The normalized spacial score (nSPS) is 23.8. The van der Waals surface area contributed by atoms with Gasteiger partial charge in [-0.15, -0.1) is 0 Å². The van der Waals surface area contributed by atoms with E-state index in [4.69, 9.17) is 0 Å². The van der Waals surface area contributed by atoms with Gasteiger partial charge < -0.3 is 4.74 Å². The molecule has 1 aliphatic heterocycles. The summed E-state index contributed by atoms with van der Waals surface area (Å²) in [5.41, 5.74) is 0. The van der Waals surface area contributed by atoms with Crippen LogP contribution in [0.5, 0.6) is 0 Å². The van der Waals surface area contributed by atoms with Crippen molar-refractivity contribution in [3.05, 3.63) is 30.1 Å². The van der Waals surface area contributed by atoms with Crippen molar-refractivity contribution >= 4 is 16.0 Å². The Morgan fingerprint density at radius 1 is 1.30 bits per heavy atom. The molecular weight excluding hydrogens is 285 g/mol. The maximum atomic E-state index is 12.9. The number of hydrogen-bond donors (Lipinski definition) is 0. The lowest BCUT2D eigenvalue weighted by molar-refractivity contribution is -0.145. The molecule has 0 radical (unpaired) electrons. The molecule has 2 atom stereocenters. The van der Waals surface area contributed by atoms with Crippen molar-refractivity contribution in [3.63, 3.8) is 0 Å². The quantitative estimate of drug-likeness (QED) is 0.788. The van der Waals surface area contributed by atoms with Crippen LogP contribution in [0, 0.1) is 17.7 Å². The highest BCUT2D eigenvalue weighted by atomic mass is 32.2. The van der Waals surface area contributed by atoms with E-state index in [2.05, 4.69) is 4.74 Å². The molecule has 1 fully saturated rings. The SMILES string of the molecule is COC(=O)C1CN(S(=O)(=O)c2ccc(F)cc2)CC1C. The molecular formula is C13H16FNO4S. The number of ether oxygens (including phenoxy) is 1. The number of esters is 1.